The Labute approximate surface area is 146 Å². The first-order chi connectivity index (χ1) is 12.2. The van der Waals surface area contributed by atoms with E-state index in [4.69, 9.17) is 14.2 Å². The van der Waals surface area contributed by atoms with Crippen molar-refractivity contribution in [3.63, 3.8) is 0 Å². The first-order valence-corrected chi connectivity index (χ1v) is 8.35. The Morgan fingerprint density at radius 3 is 2.52 bits per heavy atom. The molecule has 0 radical (unpaired) electrons. The van der Waals surface area contributed by atoms with E-state index in [-0.39, 0.29) is 24.8 Å². The third kappa shape index (κ3) is 4.83. The molecule has 5 nitrogen and oxygen atoms in total. The molecule has 2 aromatic carbocycles. The van der Waals surface area contributed by atoms with E-state index >= 15 is 0 Å². The molecule has 1 heterocycles. The van der Waals surface area contributed by atoms with Crippen LogP contribution in [0.4, 0.5) is 0 Å². The average molecular weight is 340 g/mol. The summed E-state index contributed by atoms with van der Waals surface area (Å²) in [5, 5.41) is 0. The van der Waals surface area contributed by atoms with E-state index in [1.165, 1.54) is 0 Å². The first-order valence-electron chi connectivity index (χ1n) is 8.35. The molecule has 0 saturated heterocycles. The molecule has 1 aliphatic rings. The Balaban J connectivity index is 1.50. The first kappa shape index (κ1) is 17.0. The number of aryl methyl sites for hydroxylation is 1. The van der Waals surface area contributed by atoms with Crippen LogP contribution in [0, 0.1) is 0 Å². The summed E-state index contributed by atoms with van der Waals surface area (Å²) in [6, 6.07) is 14.7. The maximum atomic E-state index is 12.2. The van der Waals surface area contributed by atoms with E-state index in [9.17, 15) is 9.59 Å². The second-order valence-electron chi connectivity index (χ2n) is 5.78. The van der Waals surface area contributed by atoms with Crippen LogP contribution in [-0.4, -0.2) is 31.6 Å². The Hall–Kier alpha value is -2.82. The fourth-order valence-corrected chi connectivity index (χ4v) is 2.53. The molecule has 2 aromatic rings. The van der Waals surface area contributed by atoms with Gasteiger partial charge in [-0.25, -0.2) is 0 Å². The lowest BCUT2D eigenvalue weighted by atomic mass is 10.1. The third-order valence-corrected chi connectivity index (χ3v) is 3.89. The maximum Gasteiger partial charge on any atom is 0.306 e. The number of benzene rings is 2. The minimum absolute atomic E-state index is 0.248. The van der Waals surface area contributed by atoms with Crippen molar-refractivity contribution in [3.8, 4) is 11.5 Å². The Morgan fingerprint density at radius 1 is 0.960 bits per heavy atom. The minimum Gasteiger partial charge on any atom is -0.490 e. The van der Waals surface area contributed by atoms with Crippen LogP contribution in [-0.2, 0) is 16.0 Å². The van der Waals surface area contributed by atoms with Gasteiger partial charge in [0.15, 0.2) is 23.9 Å². The molecule has 0 unspecified atom stereocenters. The van der Waals surface area contributed by atoms with Gasteiger partial charge in [-0.3, -0.25) is 9.59 Å². The van der Waals surface area contributed by atoms with Crippen molar-refractivity contribution in [1.82, 2.24) is 0 Å². The van der Waals surface area contributed by atoms with Crippen LogP contribution in [0.15, 0.2) is 48.5 Å². The number of fused-ring (bicyclic) bond motifs is 1. The molecule has 1 aliphatic heterocycles. The van der Waals surface area contributed by atoms with Crippen LogP contribution in [0.1, 0.15) is 28.8 Å². The molecular weight excluding hydrogens is 320 g/mol. The highest BCUT2D eigenvalue weighted by atomic mass is 16.5. The number of hydrogen-bond acceptors (Lipinski definition) is 5. The Bertz CT molecular complexity index is 739. The minimum atomic E-state index is -0.383. The standard InChI is InChI=1S/C20H20O5/c21-17(14-25-20(22)10-7-15-5-2-1-3-6-15)16-8-9-18-19(13-16)24-12-4-11-23-18/h1-3,5-6,8-9,13H,4,7,10-12,14H2. The molecule has 3 rings (SSSR count). The fraction of sp³-hybridized carbons (Fsp3) is 0.300. The molecule has 0 amide bonds. The summed E-state index contributed by atoms with van der Waals surface area (Å²) >= 11 is 0. The SMILES string of the molecule is O=C(CCc1ccccc1)OCC(=O)c1ccc2c(c1)OCCCO2. The van der Waals surface area contributed by atoms with Crippen LogP contribution in [0.3, 0.4) is 0 Å². The molecule has 5 heteroatoms. The number of rotatable bonds is 6. The Morgan fingerprint density at radius 2 is 1.72 bits per heavy atom. The number of esters is 1. The molecule has 25 heavy (non-hydrogen) atoms. The summed E-state index contributed by atoms with van der Waals surface area (Å²) < 4.78 is 16.2. The second-order valence-corrected chi connectivity index (χ2v) is 5.78. The zero-order chi connectivity index (χ0) is 17.5. The van der Waals surface area contributed by atoms with Gasteiger partial charge in [-0.15, -0.1) is 0 Å². The highest BCUT2D eigenvalue weighted by molar-refractivity contribution is 5.98. The lowest BCUT2D eigenvalue weighted by Gasteiger charge is -2.09. The Kier molecular flexibility index (Phi) is 5.67. The van der Waals surface area contributed by atoms with Gasteiger partial charge < -0.3 is 14.2 Å². The smallest absolute Gasteiger partial charge is 0.306 e. The van der Waals surface area contributed by atoms with Crippen molar-refractivity contribution < 1.29 is 23.8 Å². The van der Waals surface area contributed by atoms with Crippen LogP contribution < -0.4 is 9.47 Å². The molecule has 130 valence electrons. The molecule has 0 aromatic heterocycles. The highest BCUT2D eigenvalue weighted by Crippen LogP contribution is 2.30. The quantitative estimate of drug-likeness (QED) is 0.597. The largest absolute Gasteiger partial charge is 0.490 e. The predicted octanol–water partition coefficient (Wildman–Crippen LogP) is 3.21. The zero-order valence-corrected chi connectivity index (χ0v) is 13.9. The molecule has 0 bridgehead atoms. The summed E-state index contributed by atoms with van der Waals surface area (Å²) in [6.45, 7) is 0.881. The third-order valence-electron chi connectivity index (χ3n) is 3.89. The second kappa shape index (κ2) is 8.33. The van der Waals surface area contributed by atoms with E-state index in [1.807, 2.05) is 30.3 Å². The van der Waals surface area contributed by atoms with E-state index in [1.54, 1.807) is 18.2 Å². The average Bonchev–Trinajstić information content (AvgIpc) is 2.90. The van der Waals surface area contributed by atoms with Crippen LogP contribution in [0.5, 0.6) is 11.5 Å². The van der Waals surface area contributed by atoms with Gasteiger partial charge in [-0.2, -0.15) is 0 Å². The normalized spacial score (nSPS) is 13.0. The van der Waals surface area contributed by atoms with Crippen molar-refractivity contribution in [2.75, 3.05) is 19.8 Å². The van der Waals surface area contributed by atoms with Crippen LogP contribution >= 0.6 is 0 Å². The lowest BCUT2D eigenvalue weighted by Crippen LogP contribution is -2.14. The number of ketones is 1. The molecular formula is C20H20O5. The van der Waals surface area contributed by atoms with E-state index in [2.05, 4.69) is 0 Å². The van der Waals surface area contributed by atoms with Gasteiger partial charge in [-0.1, -0.05) is 30.3 Å². The molecule has 0 N–H and O–H groups in total. The highest BCUT2D eigenvalue weighted by Gasteiger charge is 2.15. The molecule has 0 aliphatic carbocycles. The van der Waals surface area contributed by atoms with Gasteiger partial charge in [0, 0.05) is 18.4 Å². The summed E-state index contributed by atoms with van der Waals surface area (Å²) in [5.74, 6) is 0.544. The number of carbonyl (C=O) groups is 2. The molecule has 0 atom stereocenters. The molecule has 0 spiro atoms. The van der Waals surface area contributed by atoms with Crippen molar-refractivity contribution in [3.05, 3.63) is 59.7 Å². The van der Waals surface area contributed by atoms with Crippen molar-refractivity contribution in [2.45, 2.75) is 19.3 Å². The van der Waals surface area contributed by atoms with Crippen molar-refractivity contribution >= 4 is 11.8 Å². The summed E-state index contributed by atoms with van der Waals surface area (Å²) in [7, 11) is 0. The van der Waals surface area contributed by atoms with Gasteiger partial charge in [0.05, 0.1) is 13.2 Å². The van der Waals surface area contributed by atoms with Gasteiger partial charge in [0.1, 0.15) is 0 Å². The number of carbonyl (C=O) groups excluding carboxylic acids is 2. The van der Waals surface area contributed by atoms with Crippen molar-refractivity contribution in [2.24, 2.45) is 0 Å². The van der Waals surface area contributed by atoms with Gasteiger partial charge in [0.25, 0.3) is 0 Å². The number of Topliss-reactive ketones (excluding diaryl/α,β-unsaturated/α-hetero) is 1. The zero-order valence-electron chi connectivity index (χ0n) is 13.9. The monoisotopic (exact) mass is 340 g/mol. The van der Waals surface area contributed by atoms with Gasteiger partial charge >= 0.3 is 5.97 Å². The van der Waals surface area contributed by atoms with Crippen LogP contribution in [0.2, 0.25) is 0 Å². The van der Waals surface area contributed by atoms with E-state index in [0.29, 0.717) is 36.7 Å². The van der Waals surface area contributed by atoms with Crippen LogP contribution in [0.25, 0.3) is 0 Å². The van der Waals surface area contributed by atoms with Gasteiger partial charge in [0.2, 0.25) is 0 Å². The summed E-state index contributed by atoms with van der Waals surface area (Å²) in [5.41, 5.74) is 1.51. The summed E-state index contributed by atoms with van der Waals surface area (Å²) in [4.78, 5) is 24.0. The maximum absolute atomic E-state index is 12.2. The van der Waals surface area contributed by atoms with Gasteiger partial charge in [-0.05, 0) is 30.2 Å². The number of ether oxygens (including phenoxy) is 3. The summed E-state index contributed by atoms with van der Waals surface area (Å²) in [6.07, 6.45) is 1.65. The number of hydrogen-bond donors (Lipinski definition) is 0. The molecule has 0 fully saturated rings. The van der Waals surface area contributed by atoms with E-state index in [0.717, 1.165) is 12.0 Å². The van der Waals surface area contributed by atoms with Crippen molar-refractivity contribution in [1.29, 1.82) is 0 Å². The molecule has 0 saturated carbocycles. The topological polar surface area (TPSA) is 61.8 Å². The fourth-order valence-electron chi connectivity index (χ4n) is 2.53. The lowest BCUT2D eigenvalue weighted by molar-refractivity contribution is -0.142. The predicted molar refractivity (Wildman–Crippen MR) is 92.1 cm³/mol. The van der Waals surface area contributed by atoms with E-state index < -0.39 is 0 Å².